The summed E-state index contributed by atoms with van der Waals surface area (Å²) in [6.45, 7) is 5.93. The summed E-state index contributed by atoms with van der Waals surface area (Å²) < 4.78 is 7.44. The molecular formula is C19H26N5O+. The molecule has 0 saturated carbocycles. The first-order valence-electron chi connectivity index (χ1n) is 8.54. The number of aromatic nitrogens is 3. The van der Waals surface area contributed by atoms with Crippen LogP contribution in [0.25, 0.3) is 16.8 Å². The highest BCUT2D eigenvalue weighted by Gasteiger charge is 2.18. The Morgan fingerprint density at radius 1 is 1.20 bits per heavy atom. The third kappa shape index (κ3) is 3.44. The Morgan fingerprint density at radius 3 is 2.68 bits per heavy atom. The van der Waals surface area contributed by atoms with Crippen LogP contribution in [-0.4, -0.2) is 48.9 Å². The van der Waals surface area contributed by atoms with E-state index in [0.717, 1.165) is 52.8 Å². The lowest BCUT2D eigenvalue weighted by Crippen LogP contribution is -3.06. The fourth-order valence-corrected chi connectivity index (χ4v) is 2.98. The van der Waals surface area contributed by atoms with Crippen LogP contribution < -0.4 is 15.0 Å². The largest absolute Gasteiger partial charge is 0.496 e. The van der Waals surface area contributed by atoms with E-state index in [4.69, 9.17) is 14.8 Å². The van der Waals surface area contributed by atoms with E-state index >= 15 is 0 Å². The van der Waals surface area contributed by atoms with Crippen LogP contribution in [0.2, 0.25) is 0 Å². The van der Waals surface area contributed by atoms with Crippen molar-refractivity contribution in [2.24, 2.45) is 0 Å². The van der Waals surface area contributed by atoms with Gasteiger partial charge in [0.15, 0.2) is 5.65 Å². The van der Waals surface area contributed by atoms with E-state index in [1.54, 1.807) is 7.11 Å². The number of anilines is 1. The van der Waals surface area contributed by atoms with E-state index in [2.05, 4.69) is 25.5 Å². The zero-order valence-electron chi connectivity index (χ0n) is 15.6. The molecular weight excluding hydrogens is 314 g/mol. The van der Waals surface area contributed by atoms with Gasteiger partial charge in [-0.15, -0.1) is 0 Å². The molecule has 2 aromatic heterocycles. The standard InChI is InChI=1S/C19H25N5O/c1-13-12-17(20-10-11-23(3)4)24-19(21-13)18(14(2)22-24)15-8-6-7-9-16(15)25-5/h6-9,12,20H,10-11H2,1-5H3/p+1. The van der Waals surface area contributed by atoms with Crippen LogP contribution in [0, 0.1) is 13.8 Å². The van der Waals surface area contributed by atoms with E-state index in [1.165, 1.54) is 4.90 Å². The summed E-state index contributed by atoms with van der Waals surface area (Å²) in [5.74, 6) is 1.79. The van der Waals surface area contributed by atoms with Crippen molar-refractivity contribution in [2.75, 3.05) is 39.6 Å². The van der Waals surface area contributed by atoms with Crippen LogP contribution >= 0.6 is 0 Å². The van der Waals surface area contributed by atoms with Crippen LogP contribution in [0.5, 0.6) is 5.75 Å². The first kappa shape index (κ1) is 17.2. The SMILES string of the molecule is COc1ccccc1-c1c(C)nn2c(NCC[NH+](C)C)cc(C)nc12. The molecule has 2 heterocycles. The molecule has 0 unspecified atom stereocenters. The summed E-state index contributed by atoms with van der Waals surface area (Å²) in [6.07, 6.45) is 0. The van der Waals surface area contributed by atoms with Crippen LogP contribution in [0.1, 0.15) is 11.4 Å². The third-order valence-corrected chi connectivity index (χ3v) is 4.20. The summed E-state index contributed by atoms with van der Waals surface area (Å²) in [4.78, 5) is 6.16. The highest BCUT2D eigenvalue weighted by molar-refractivity contribution is 5.84. The van der Waals surface area contributed by atoms with Crippen molar-refractivity contribution in [1.29, 1.82) is 0 Å². The summed E-state index contributed by atoms with van der Waals surface area (Å²) in [5, 5.41) is 8.22. The Morgan fingerprint density at radius 2 is 1.96 bits per heavy atom. The lowest BCUT2D eigenvalue weighted by Gasteiger charge is -2.12. The molecule has 0 saturated heterocycles. The van der Waals surface area contributed by atoms with Gasteiger partial charge in [-0.3, -0.25) is 0 Å². The topological polar surface area (TPSA) is 55.9 Å². The van der Waals surface area contributed by atoms with Gasteiger partial charge < -0.3 is 15.0 Å². The number of quaternary nitrogens is 1. The number of aryl methyl sites for hydroxylation is 2. The molecule has 6 nitrogen and oxygen atoms in total. The number of hydrogen-bond acceptors (Lipinski definition) is 4. The number of nitrogens with zero attached hydrogens (tertiary/aromatic N) is 3. The molecule has 0 aliphatic rings. The van der Waals surface area contributed by atoms with E-state index in [1.807, 2.05) is 42.6 Å². The number of methoxy groups -OCH3 is 1. The Hall–Kier alpha value is -2.60. The number of fused-ring (bicyclic) bond motifs is 1. The number of ether oxygens (including phenoxy) is 1. The Balaban J connectivity index is 2.12. The second-order valence-electron chi connectivity index (χ2n) is 6.56. The van der Waals surface area contributed by atoms with Crippen molar-refractivity contribution in [3.63, 3.8) is 0 Å². The average Bonchev–Trinajstić information content (AvgIpc) is 2.90. The van der Waals surface area contributed by atoms with Gasteiger partial charge in [0.1, 0.15) is 11.6 Å². The number of rotatable bonds is 6. The monoisotopic (exact) mass is 340 g/mol. The van der Waals surface area contributed by atoms with Gasteiger partial charge in [-0.05, 0) is 19.9 Å². The second kappa shape index (κ2) is 7.11. The van der Waals surface area contributed by atoms with Gasteiger partial charge in [0.25, 0.3) is 0 Å². The summed E-state index contributed by atoms with van der Waals surface area (Å²) in [6, 6.07) is 10.0. The molecule has 0 radical (unpaired) electrons. The molecule has 0 atom stereocenters. The lowest BCUT2D eigenvalue weighted by molar-refractivity contribution is -0.856. The number of likely N-dealkylation sites (N-methyl/N-ethyl adjacent to an activating group) is 1. The van der Waals surface area contributed by atoms with Gasteiger partial charge in [0.2, 0.25) is 0 Å². The Labute approximate surface area is 148 Å². The molecule has 0 aliphatic heterocycles. The summed E-state index contributed by atoms with van der Waals surface area (Å²) in [5.41, 5.74) is 4.77. The zero-order valence-corrected chi connectivity index (χ0v) is 15.6. The minimum atomic E-state index is 0.828. The van der Waals surface area contributed by atoms with Gasteiger partial charge in [-0.2, -0.15) is 9.61 Å². The van der Waals surface area contributed by atoms with E-state index in [0.29, 0.717) is 0 Å². The van der Waals surface area contributed by atoms with Crippen molar-refractivity contribution in [3.8, 4) is 16.9 Å². The minimum absolute atomic E-state index is 0.828. The number of hydrogen-bond donors (Lipinski definition) is 2. The quantitative estimate of drug-likeness (QED) is 0.715. The lowest BCUT2D eigenvalue weighted by atomic mass is 10.1. The van der Waals surface area contributed by atoms with Crippen molar-refractivity contribution in [3.05, 3.63) is 41.7 Å². The van der Waals surface area contributed by atoms with Crippen LogP contribution in [0.3, 0.4) is 0 Å². The first-order valence-corrected chi connectivity index (χ1v) is 8.54. The fraction of sp³-hybridized carbons (Fsp3) is 0.368. The average molecular weight is 340 g/mol. The van der Waals surface area contributed by atoms with Gasteiger partial charge in [-0.25, -0.2) is 4.98 Å². The van der Waals surface area contributed by atoms with E-state index in [-0.39, 0.29) is 0 Å². The number of para-hydroxylation sites is 1. The number of nitrogens with one attached hydrogen (secondary N) is 2. The van der Waals surface area contributed by atoms with Crippen LogP contribution in [-0.2, 0) is 0 Å². The van der Waals surface area contributed by atoms with Crippen molar-refractivity contribution < 1.29 is 9.64 Å². The number of benzene rings is 1. The predicted molar refractivity (Wildman–Crippen MR) is 101 cm³/mol. The van der Waals surface area contributed by atoms with Crippen molar-refractivity contribution in [1.82, 2.24) is 14.6 Å². The molecule has 0 aliphatic carbocycles. The van der Waals surface area contributed by atoms with Crippen molar-refractivity contribution >= 4 is 11.5 Å². The molecule has 3 aromatic rings. The Kier molecular flexibility index (Phi) is 4.90. The molecule has 0 amide bonds. The highest BCUT2D eigenvalue weighted by atomic mass is 16.5. The van der Waals surface area contributed by atoms with Crippen LogP contribution in [0.4, 0.5) is 5.82 Å². The van der Waals surface area contributed by atoms with Gasteiger partial charge >= 0.3 is 0 Å². The molecule has 2 N–H and O–H groups in total. The maximum absolute atomic E-state index is 5.54. The smallest absolute Gasteiger partial charge is 0.165 e. The third-order valence-electron chi connectivity index (χ3n) is 4.20. The second-order valence-corrected chi connectivity index (χ2v) is 6.56. The highest BCUT2D eigenvalue weighted by Crippen LogP contribution is 2.35. The van der Waals surface area contributed by atoms with Gasteiger partial charge in [-0.1, -0.05) is 18.2 Å². The van der Waals surface area contributed by atoms with Crippen LogP contribution in [0.15, 0.2) is 30.3 Å². The van der Waals surface area contributed by atoms with E-state index in [9.17, 15) is 0 Å². The molecule has 0 spiro atoms. The fourth-order valence-electron chi connectivity index (χ4n) is 2.98. The molecule has 6 heteroatoms. The maximum Gasteiger partial charge on any atom is 0.165 e. The normalized spacial score (nSPS) is 11.3. The molecule has 1 aromatic carbocycles. The molecule has 132 valence electrons. The maximum atomic E-state index is 5.54. The zero-order chi connectivity index (χ0) is 18.0. The molecule has 3 rings (SSSR count). The van der Waals surface area contributed by atoms with Crippen molar-refractivity contribution in [2.45, 2.75) is 13.8 Å². The summed E-state index contributed by atoms with van der Waals surface area (Å²) in [7, 11) is 5.98. The van der Waals surface area contributed by atoms with E-state index < -0.39 is 0 Å². The Bertz CT molecular complexity index is 885. The molecule has 0 fully saturated rings. The van der Waals surface area contributed by atoms with Gasteiger partial charge in [0.05, 0.1) is 45.6 Å². The minimum Gasteiger partial charge on any atom is -0.496 e. The predicted octanol–water partition coefficient (Wildman–Crippen LogP) is 1.58. The van der Waals surface area contributed by atoms with Gasteiger partial charge in [0, 0.05) is 17.3 Å². The molecule has 25 heavy (non-hydrogen) atoms. The molecule has 0 bridgehead atoms. The first-order chi connectivity index (χ1) is 12.0. The summed E-state index contributed by atoms with van der Waals surface area (Å²) >= 11 is 0.